The standard InChI is InChI=1S/C26H44BNO3/c1-8-10-12-14-18-28(19-15-13-11-9-2)24(29)23-20-22(17-16-21(23)3)27-30-25(4,5)26(6,7)31-27/h16-17,20H,8-15,18-19H2,1-7H3. The quantitative estimate of drug-likeness (QED) is 0.307. The lowest BCUT2D eigenvalue weighted by Gasteiger charge is -2.32. The van der Waals surface area contributed by atoms with E-state index in [2.05, 4.69) is 46.4 Å². The molecule has 174 valence electrons. The average molecular weight is 429 g/mol. The van der Waals surface area contributed by atoms with E-state index < -0.39 is 18.3 Å². The molecule has 1 aliphatic rings. The first-order valence-corrected chi connectivity index (χ1v) is 12.4. The van der Waals surface area contributed by atoms with Crippen LogP contribution in [-0.4, -0.2) is 42.2 Å². The second-order valence-electron chi connectivity index (χ2n) is 10.1. The Morgan fingerprint density at radius 1 is 0.871 bits per heavy atom. The minimum atomic E-state index is -0.445. The second kappa shape index (κ2) is 11.5. The van der Waals surface area contributed by atoms with Crippen molar-refractivity contribution in [2.75, 3.05) is 13.1 Å². The summed E-state index contributed by atoms with van der Waals surface area (Å²) >= 11 is 0. The maximum atomic E-state index is 13.6. The summed E-state index contributed by atoms with van der Waals surface area (Å²) in [6, 6.07) is 6.05. The molecule has 1 aliphatic heterocycles. The van der Waals surface area contributed by atoms with Gasteiger partial charge in [0.15, 0.2) is 0 Å². The first-order chi connectivity index (χ1) is 14.6. The molecule has 0 atom stereocenters. The summed E-state index contributed by atoms with van der Waals surface area (Å²) in [4.78, 5) is 15.6. The molecule has 1 amide bonds. The number of nitrogens with zero attached hydrogens (tertiary/aromatic N) is 1. The van der Waals surface area contributed by atoms with Crippen LogP contribution in [0.3, 0.4) is 0 Å². The van der Waals surface area contributed by atoms with Crippen LogP contribution in [0.2, 0.25) is 0 Å². The maximum Gasteiger partial charge on any atom is 0.494 e. The molecule has 1 saturated heterocycles. The van der Waals surface area contributed by atoms with Crippen molar-refractivity contribution in [2.45, 2.75) is 111 Å². The summed E-state index contributed by atoms with van der Waals surface area (Å²) < 4.78 is 12.4. The van der Waals surface area contributed by atoms with Crippen LogP contribution in [-0.2, 0) is 9.31 Å². The van der Waals surface area contributed by atoms with Crippen molar-refractivity contribution in [3.8, 4) is 0 Å². The summed E-state index contributed by atoms with van der Waals surface area (Å²) in [7, 11) is -0.445. The van der Waals surface area contributed by atoms with Crippen molar-refractivity contribution in [3.05, 3.63) is 29.3 Å². The second-order valence-corrected chi connectivity index (χ2v) is 10.1. The van der Waals surface area contributed by atoms with Gasteiger partial charge in [-0.05, 0) is 64.6 Å². The molecule has 1 aromatic rings. The van der Waals surface area contributed by atoms with E-state index in [4.69, 9.17) is 9.31 Å². The first-order valence-electron chi connectivity index (χ1n) is 12.4. The molecule has 0 N–H and O–H groups in total. The third kappa shape index (κ3) is 6.83. The molecule has 0 unspecified atom stereocenters. The van der Waals surface area contributed by atoms with Gasteiger partial charge >= 0.3 is 7.12 Å². The van der Waals surface area contributed by atoms with Gasteiger partial charge in [0.1, 0.15) is 0 Å². The number of hydrogen-bond donors (Lipinski definition) is 0. The van der Waals surface area contributed by atoms with E-state index in [1.54, 1.807) is 0 Å². The lowest BCUT2D eigenvalue weighted by Crippen LogP contribution is -2.41. The van der Waals surface area contributed by atoms with Crippen LogP contribution in [0.15, 0.2) is 18.2 Å². The molecule has 0 aliphatic carbocycles. The minimum absolute atomic E-state index is 0.142. The Labute approximate surface area is 191 Å². The molecular formula is C26H44BNO3. The van der Waals surface area contributed by atoms with E-state index in [0.717, 1.165) is 42.5 Å². The molecule has 0 spiro atoms. The fraction of sp³-hybridized carbons (Fsp3) is 0.731. The highest BCUT2D eigenvalue weighted by Gasteiger charge is 2.51. The molecule has 31 heavy (non-hydrogen) atoms. The van der Waals surface area contributed by atoms with Crippen LogP contribution < -0.4 is 5.46 Å². The van der Waals surface area contributed by atoms with Gasteiger partial charge in [-0.25, -0.2) is 0 Å². The smallest absolute Gasteiger partial charge is 0.399 e. The van der Waals surface area contributed by atoms with Crippen molar-refractivity contribution in [1.29, 1.82) is 0 Å². The number of aryl methyl sites for hydroxylation is 1. The highest BCUT2D eigenvalue weighted by atomic mass is 16.7. The highest BCUT2D eigenvalue weighted by Crippen LogP contribution is 2.36. The number of unbranched alkanes of at least 4 members (excludes halogenated alkanes) is 6. The van der Waals surface area contributed by atoms with E-state index in [1.165, 1.54) is 38.5 Å². The van der Waals surface area contributed by atoms with E-state index in [-0.39, 0.29) is 5.91 Å². The Hall–Kier alpha value is -1.33. The number of carbonyl (C=O) groups excluding carboxylic acids is 1. The zero-order valence-corrected chi connectivity index (χ0v) is 21.1. The molecule has 1 heterocycles. The molecular weight excluding hydrogens is 385 g/mol. The number of amides is 1. The largest absolute Gasteiger partial charge is 0.494 e. The van der Waals surface area contributed by atoms with Gasteiger partial charge < -0.3 is 14.2 Å². The lowest BCUT2D eigenvalue weighted by molar-refractivity contribution is 0.00578. The fourth-order valence-electron chi connectivity index (χ4n) is 3.94. The van der Waals surface area contributed by atoms with Crippen LogP contribution in [0, 0.1) is 6.92 Å². The van der Waals surface area contributed by atoms with Gasteiger partial charge in [-0.3, -0.25) is 4.79 Å². The molecule has 2 rings (SSSR count). The predicted octanol–water partition coefficient (Wildman–Crippen LogP) is 5.90. The van der Waals surface area contributed by atoms with Gasteiger partial charge in [0.2, 0.25) is 0 Å². The highest BCUT2D eigenvalue weighted by molar-refractivity contribution is 6.62. The van der Waals surface area contributed by atoms with Gasteiger partial charge in [-0.2, -0.15) is 0 Å². The Kier molecular flexibility index (Phi) is 9.63. The van der Waals surface area contributed by atoms with E-state index in [9.17, 15) is 4.79 Å². The molecule has 5 heteroatoms. The van der Waals surface area contributed by atoms with Gasteiger partial charge in [0.05, 0.1) is 11.2 Å². The summed E-state index contributed by atoms with van der Waals surface area (Å²) in [5.41, 5.74) is 1.93. The molecule has 1 fully saturated rings. The monoisotopic (exact) mass is 429 g/mol. The molecule has 0 aromatic heterocycles. The molecule has 1 aromatic carbocycles. The van der Waals surface area contributed by atoms with Crippen LogP contribution in [0.4, 0.5) is 0 Å². The molecule has 4 nitrogen and oxygen atoms in total. The van der Waals surface area contributed by atoms with Crippen molar-refractivity contribution >= 4 is 18.5 Å². The number of hydrogen-bond acceptors (Lipinski definition) is 3. The predicted molar refractivity (Wildman–Crippen MR) is 131 cm³/mol. The van der Waals surface area contributed by atoms with Crippen LogP contribution in [0.5, 0.6) is 0 Å². The van der Waals surface area contributed by atoms with Crippen molar-refractivity contribution in [3.63, 3.8) is 0 Å². The van der Waals surface area contributed by atoms with Crippen molar-refractivity contribution in [2.24, 2.45) is 0 Å². The number of benzene rings is 1. The minimum Gasteiger partial charge on any atom is -0.399 e. The Bertz CT molecular complexity index is 689. The maximum absolute atomic E-state index is 13.6. The summed E-state index contributed by atoms with van der Waals surface area (Å²) in [5.74, 6) is 0.142. The zero-order chi connectivity index (χ0) is 23.1. The number of rotatable bonds is 12. The third-order valence-corrected chi connectivity index (χ3v) is 6.87. The summed E-state index contributed by atoms with van der Waals surface area (Å²) in [5, 5.41) is 0. The fourth-order valence-corrected chi connectivity index (χ4v) is 3.94. The first kappa shape index (κ1) is 25.9. The van der Waals surface area contributed by atoms with E-state index >= 15 is 0 Å². The van der Waals surface area contributed by atoms with Gasteiger partial charge in [-0.15, -0.1) is 0 Å². The van der Waals surface area contributed by atoms with Crippen LogP contribution in [0.25, 0.3) is 0 Å². The summed E-state index contributed by atoms with van der Waals surface area (Å²) in [6.45, 7) is 16.4. The van der Waals surface area contributed by atoms with Crippen molar-refractivity contribution < 1.29 is 14.1 Å². The third-order valence-electron chi connectivity index (χ3n) is 6.87. The van der Waals surface area contributed by atoms with E-state index in [1.807, 2.05) is 25.1 Å². The SMILES string of the molecule is CCCCCCN(CCCCCC)C(=O)c1cc(B2OC(C)(C)C(C)(C)O2)ccc1C. The topological polar surface area (TPSA) is 38.8 Å². The van der Waals surface area contributed by atoms with Crippen LogP contribution >= 0.6 is 0 Å². The Balaban J connectivity index is 2.18. The normalized spacial score (nSPS) is 17.2. The average Bonchev–Trinajstić information content (AvgIpc) is 2.93. The summed E-state index contributed by atoms with van der Waals surface area (Å²) in [6.07, 6.45) is 9.39. The van der Waals surface area contributed by atoms with Crippen molar-refractivity contribution in [1.82, 2.24) is 4.90 Å². The lowest BCUT2D eigenvalue weighted by atomic mass is 9.77. The van der Waals surface area contributed by atoms with Gasteiger partial charge in [-0.1, -0.05) is 64.5 Å². The Morgan fingerprint density at radius 2 is 1.39 bits per heavy atom. The van der Waals surface area contributed by atoms with Gasteiger partial charge in [0.25, 0.3) is 5.91 Å². The van der Waals surface area contributed by atoms with Gasteiger partial charge in [0, 0.05) is 18.7 Å². The zero-order valence-electron chi connectivity index (χ0n) is 21.1. The molecule has 0 saturated carbocycles. The Morgan fingerprint density at radius 3 is 1.87 bits per heavy atom. The van der Waals surface area contributed by atoms with E-state index in [0.29, 0.717) is 0 Å². The molecule has 0 radical (unpaired) electrons. The number of carbonyl (C=O) groups is 1. The van der Waals surface area contributed by atoms with Crippen LogP contribution in [0.1, 0.15) is 109 Å². The molecule has 0 bridgehead atoms.